The fourth-order valence-corrected chi connectivity index (χ4v) is 6.10. The van der Waals surface area contributed by atoms with Gasteiger partial charge < -0.3 is 68.9 Å². The topological polar surface area (TPSA) is 321 Å². The van der Waals surface area contributed by atoms with E-state index in [-0.39, 0.29) is 613 Å². The van der Waals surface area contributed by atoms with Gasteiger partial charge in [-0.1, -0.05) is 59.7 Å². The van der Waals surface area contributed by atoms with Crippen molar-refractivity contribution >= 4 is 1180 Å². The third-order valence-corrected chi connectivity index (χ3v) is 9.29. The molecule has 3 N–H and O–H groups in total. The van der Waals surface area contributed by atoms with Gasteiger partial charge in [0.05, 0.1) is 39.8 Å². The van der Waals surface area contributed by atoms with E-state index in [9.17, 15) is 15.3 Å². The second kappa shape index (κ2) is 231. The van der Waals surface area contributed by atoms with Crippen molar-refractivity contribution in [2.24, 2.45) is 61.4 Å². The number of aryl methyl sites for hydroxylation is 2. The van der Waals surface area contributed by atoms with Crippen LogP contribution in [0.1, 0.15) is 15.4 Å². The normalized spacial score (nSPS) is 7.75. The number of hydrogen-bond donors (Lipinski definition) is 3. The second-order valence-corrected chi connectivity index (χ2v) is 15.6. The monoisotopic (exact) mass is 4680 g/mol. The minimum absolute atomic E-state index is 0. The van der Waals surface area contributed by atoms with Crippen LogP contribution in [0.4, 0.5) is 56.9 Å². The number of hydrogen-bond acceptors (Lipinski definition) is 22. The predicted molar refractivity (Wildman–Crippen MR) is 504 cm³/mol. The van der Waals surface area contributed by atoms with Crippen LogP contribution < -0.4 is 524 Å². The summed E-state index contributed by atoms with van der Waals surface area (Å²) in [4.78, 5) is 0. The number of aromatic hydroxyl groups is 3. The summed E-state index contributed by atoms with van der Waals surface area (Å²) in [7, 11) is 0.261. The molecule has 22 nitrogen and oxygen atoms in total. The molecule has 0 atom stereocenters. The third-order valence-electron chi connectivity index (χ3n) is 9.29. The van der Waals surface area contributed by atoms with Crippen LogP contribution in [0.25, 0.3) is 21.5 Å². The molecule has 66 heteroatoms. The Morgan fingerprint density at radius 1 is 0.262 bits per heavy atom. The Kier molecular flexibility index (Phi) is 491. The Morgan fingerprint density at radius 2 is 0.426 bits per heavy atom. The maximum absolute atomic E-state index is 10.5. The Bertz CT molecular complexity index is 3700. The van der Waals surface area contributed by atoms with Gasteiger partial charge in [-0.2, -0.15) is 46.0 Å². The molecule has 0 spiro atoms. The summed E-state index contributed by atoms with van der Waals surface area (Å²) in [6.07, 6.45) is 0. The zero-order valence-electron chi connectivity index (χ0n) is 90.6. The van der Waals surface area contributed by atoms with Gasteiger partial charge in [-0.25, -0.2) is 0 Å². The molecule has 0 heterocycles. The molecule has 0 fully saturated rings. The van der Waals surface area contributed by atoms with E-state index in [2.05, 4.69) is 66.1 Å². The zero-order chi connectivity index (χ0) is 86.0. The molecule has 0 aliphatic carbocycles. The van der Waals surface area contributed by atoms with Crippen LogP contribution in [-0.4, -0.2) is 1150 Å². The van der Waals surface area contributed by atoms with E-state index < -0.39 is 21.2 Å². The summed E-state index contributed by atoms with van der Waals surface area (Å²) in [5, 5.41) is 83.3. The SMILES string of the molecule is CN=Nc1ccc(N=Nc2ccc(N=Nc3ccc4cc(C)ccc4c3O)c(O)c2)cc1.CN=Nc1ccc(N=Nc2ccc(N=Nc3ccc4cc(C)ccc4c3O)cc2)cc1.COC.O=S(=O)=O.O=S(=O)=O.[CH3-].[CH3-].[CH3-].[CH3-].[CH3-].[CH3-].[Cu].[H-].[H-].[H-].[Rb+].[Rb+].[Rb+].[Rb+].[Rb+].[Rb+].[Rb+].[Rb+].[Rb+].[Rb][Rb].[Rb][Rb].[Rb][Rb].[Rb][Rb].[Rb][Rb].[Rb][Rb].[Rb][Rb].[Rb][Rb].[Rb][Rb].[Rb][Rb].[Rb][Rb].[Rb][Rb].[Rb][Rb].[Rb][Rb].[Rb][Rb].[Rb][Rb]. The third kappa shape index (κ3) is 181. The molecule has 0 bridgehead atoms. The van der Waals surface area contributed by atoms with Gasteiger partial charge in [-0.15, -0.1) is 40.6 Å². The molecule has 0 aliphatic heterocycles. The minimum atomic E-state index is -3.11. The number of azo groups is 6. The summed E-state index contributed by atoms with van der Waals surface area (Å²) in [6, 6.07) is 45.2. The quantitative estimate of drug-likeness (QED) is 0.0660. The van der Waals surface area contributed by atoms with Gasteiger partial charge in [0, 0.05) is 62.2 Å². The molecule has 8 aromatic rings. The summed E-state index contributed by atoms with van der Waals surface area (Å²) in [5.41, 5.74) is 7.90. The Labute approximate surface area is 1980 Å². The number of ether oxygens (including phenoxy) is 1. The van der Waals surface area contributed by atoms with Crippen molar-refractivity contribution in [2.45, 2.75) is 13.8 Å². The summed E-state index contributed by atoms with van der Waals surface area (Å²) < 4.78 is 54.9. The first-order chi connectivity index (χ1) is 51.5. The first-order valence-corrected chi connectivity index (χ1v) is 583. The molecule has 475 valence electrons. The molecule has 0 saturated carbocycles. The van der Waals surface area contributed by atoms with Crippen LogP contribution in [0.2, 0.25) is 0 Å². The van der Waals surface area contributed by atoms with Crippen LogP contribution in [0.3, 0.4) is 0 Å². The van der Waals surface area contributed by atoms with Gasteiger partial charge in [0.2, 0.25) is 0 Å². The van der Waals surface area contributed by atoms with E-state index in [4.69, 9.17) is 25.3 Å². The molecule has 8 rings (SSSR count). The Balaban J connectivity index is -0.0000000290. The molecule has 0 aliphatic rings. The maximum atomic E-state index is 10.5. The number of phenolic OH excluding ortho intramolecular Hbond substituents is 3. The van der Waals surface area contributed by atoms with Crippen molar-refractivity contribution in [1.82, 2.24) is 0 Å². The second-order valence-electron chi connectivity index (χ2n) is 14.8. The number of rotatable bonds is 10. The van der Waals surface area contributed by atoms with Crippen LogP contribution in [0, 0.1) is 58.4 Å². The van der Waals surface area contributed by atoms with E-state index in [1.54, 1.807) is 101 Å². The first-order valence-electron chi connectivity index (χ1n) is 37.3. The van der Waals surface area contributed by atoms with E-state index in [1.807, 2.05) is 86.6 Å². The van der Waals surface area contributed by atoms with Gasteiger partial charge in [-0.3, -0.25) is 0 Å². The van der Waals surface area contributed by atoms with Crippen molar-refractivity contribution in [3.05, 3.63) is 207 Å². The standard InChI is InChI=1S/C24H20N6O2.C24H20N6O.C2H6O.6CH3.Cu.2O3S.41Rb.3H/c1-15-3-10-20-16(13-15)4-11-22(24(20)32)30-29-21-12-9-19(14-23(21)31)28-27-18-7-5-17(6-8-18)26-25-2;1-16-3-13-22-17(15-16)4-14-23(24(22)31)30-29-21-11-9-20(10-12-21)28-27-19-7-5-18(6-8-19)26-25-2;1-3-2;;;;;;;;2*1-4(2)3;;;;;;;;;;;;;;;;;;;;;;;;;;;;;;;;;;;;;;;;;;;;/h3-14,31-32H,1-2H3;3-15,31H,1-2H3;1-2H3;6*1H3;;;;;;;;;;;;;;;;;;;;;;;;;;;;;;;;;;;;;;;;;;;;;;;/q;;;6*-1;;;;;;;;;;;;;;;;;;;;;;;;;;;;;;;;;;;;9*+1;3*-1. The fraction of sp³-hybridized carbons (Fsp3) is 0.107. The Morgan fingerprint density at radius 3 is 0.631 bits per heavy atom. The van der Waals surface area contributed by atoms with Gasteiger partial charge in [0.15, 0.2) is 11.5 Å². The predicted octanol–water partition coefficient (Wildman–Crippen LogP) is -21.4. The van der Waals surface area contributed by atoms with Crippen LogP contribution in [0.15, 0.2) is 213 Å². The molecule has 0 amide bonds. The number of phenols is 3. The molecule has 122 heavy (non-hydrogen) atoms. The van der Waals surface area contributed by atoms with E-state index in [0.717, 1.165) is 1130 Å². The summed E-state index contributed by atoms with van der Waals surface area (Å²) >= 11 is 37.1. The molecular formula is C56H67CuN12O10Rb41S2. The summed E-state index contributed by atoms with van der Waals surface area (Å²) in [5.74, 6) is 0.0699. The fourth-order valence-electron chi connectivity index (χ4n) is 6.10. The average molecular weight is 4700 g/mol. The van der Waals surface area contributed by atoms with Crippen LogP contribution in [-0.2, 0) is 43.0 Å². The number of benzene rings is 8. The van der Waals surface area contributed by atoms with Crippen LogP contribution >= 0.6 is 0 Å². The Hall–Kier alpha value is 65.0. The van der Waals surface area contributed by atoms with Gasteiger partial charge in [0.25, 0.3) is 0 Å². The van der Waals surface area contributed by atoms with E-state index in [0.29, 0.717) is 39.5 Å². The number of fused-ring (bicyclic) bond motifs is 2. The summed E-state index contributed by atoms with van der Waals surface area (Å²) in [6.45, 7) is 4.01. The number of nitrogens with zero attached hydrogens (tertiary/aromatic N) is 12. The zero-order valence-corrected chi connectivity index (χ0v) is 292. The molecular weight excluding hydrogens is 4630 g/mol. The van der Waals surface area contributed by atoms with Crippen molar-refractivity contribution in [3.8, 4) is 17.2 Å². The molecule has 0 aromatic heterocycles. The molecule has 1 radical (unpaired) electrons. The molecule has 0 unspecified atom stereocenters. The van der Waals surface area contributed by atoms with Gasteiger partial charge >= 0.3 is 1630 Å². The molecule has 0 saturated heterocycles. The van der Waals surface area contributed by atoms with Crippen molar-refractivity contribution in [3.63, 3.8) is 0 Å². The first kappa shape index (κ1) is 259. The molecule has 8 aromatic carbocycles. The van der Waals surface area contributed by atoms with E-state index in [1.165, 1.54) is 6.07 Å². The van der Waals surface area contributed by atoms with Gasteiger partial charge in [0.1, 0.15) is 22.8 Å². The average Bonchev–Trinajstić information content (AvgIpc) is 0.812. The number of methoxy groups -OCH3 is 1. The van der Waals surface area contributed by atoms with Crippen molar-refractivity contribution in [2.75, 3.05) is 28.3 Å². The van der Waals surface area contributed by atoms with E-state index >= 15 is 0 Å². The van der Waals surface area contributed by atoms with Crippen molar-refractivity contribution < 1.29 is 590 Å². The van der Waals surface area contributed by atoms with Crippen molar-refractivity contribution in [1.29, 1.82) is 0 Å². The van der Waals surface area contributed by atoms with Gasteiger partial charge in [-0.05, 0) is 122 Å². The van der Waals surface area contributed by atoms with Crippen LogP contribution in [0.5, 0.6) is 17.2 Å².